The molecule has 27 heavy (non-hydrogen) atoms. The Labute approximate surface area is 158 Å². The van der Waals surface area contributed by atoms with Crippen LogP contribution in [-0.4, -0.2) is 71.0 Å². The highest BCUT2D eigenvalue weighted by molar-refractivity contribution is 5.98. The highest BCUT2D eigenvalue weighted by atomic mass is 16.5. The van der Waals surface area contributed by atoms with Crippen molar-refractivity contribution >= 4 is 11.8 Å². The molecule has 1 N–H and O–H groups in total. The fourth-order valence-corrected chi connectivity index (χ4v) is 3.77. The summed E-state index contributed by atoms with van der Waals surface area (Å²) in [6.07, 6.45) is 5.57. The van der Waals surface area contributed by atoms with Crippen LogP contribution < -0.4 is 0 Å². The number of likely N-dealkylation sites (tertiary alicyclic amines) is 1. The third-order valence-corrected chi connectivity index (χ3v) is 5.29. The van der Waals surface area contributed by atoms with Gasteiger partial charge in [0.1, 0.15) is 5.82 Å². The van der Waals surface area contributed by atoms with Crippen molar-refractivity contribution < 1.29 is 14.3 Å². The Kier molecular flexibility index (Phi) is 5.20. The van der Waals surface area contributed by atoms with Crippen LogP contribution in [0.4, 0.5) is 0 Å². The molecule has 7 heteroatoms. The molecule has 2 aromatic rings. The SMILES string of the molecule is O=C(c1ccc(C(=O)N2CCC[C@@H](c3ncc[nH]3)C2)cc1)N1CCOCC1. The summed E-state index contributed by atoms with van der Waals surface area (Å²) in [6.45, 7) is 3.80. The van der Waals surface area contributed by atoms with E-state index in [1.54, 1.807) is 35.4 Å². The van der Waals surface area contributed by atoms with Crippen LogP contribution in [0, 0.1) is 0 Å². The van der Waals surface area contributed by atoms with Gasteiger partial charge in [-0.15, -0.1) is 0 Å². The topological polar surface area (TPSA) is 78.5 Å². The zero-order chi connectivity index (χ0) is 18.6. The Morgan fingerprint density at radius 3 is 2.30 bits per heavy atom. The first-order chi connectivity index (χ1) is 13.2. The number of hydrogen-bond acceptors (Lipinski definition) is 4. The number of piperidine rings is 1. The maximum absolute atomic E-state index is 12.9. The molecule has 2 fully saturated rings. The summed E-state index contributed by atoms with van der Waals surface area (Å²) in [5.74, 6) is 1.20. The quantitative estimate of drug-likeness (QED) is 0.898. The lowest BCUT2D eigenvalue weighted by molar-refractivity contribution is 0.0303. The van der Waals surface area contributed by atoms with E-state index in [1.807, 2.05) is 11.1 Å². The summed E-state index contributed by atoms with van der Waals surface area (Å²) in [4.78, 5) is 36.6. The molecule has 2 saturated heterocycles. The Balaban J connectivity index is 1.42. The second kappa shape index (κ2) is 7.92. The van der Waals surface area contributed by atoms with Gasteiger partial charge in [0.2, 0.25) is 0 Å². The predicted octanol–water partition coefficient (Wildman–Crippen LogP) is 1.90. The van der Waals surface area contributed by atoms with Crippen LogP contribution in [0.25, 0.3) is 0 Å². The molecule has 7 nitrogen and oxygen atoms in total. The number of ether oxygens (including phenoxy) is 1. The first-order valence-corrected chi connectivity index (χ1v) is 9.48. The molecule has 142 valence electrons. The number of rotatable bonds is 3. The van der Waals surface area contributed by atoms with Crippen molar-refractivity contribution in [3.8, 4) is 0 Å². The molecule has 0 aliphatic carbocycles. The molecule has 0 unspecified atom stereocenters. The fraction of sp³-hybridized carbons (Fsp3) is 0.450. The Hall–Kier alpha value is -2.67. The minimum Gasteiger partial charge on any atom is -0.378 e. The maximum Gasteiger partial charge on any atom is 0.254 e. The second-order valence-corrected chi connectivity index (χ2v) is 7.05. The zero-order valence-corrected chi connectivity index (χ0v) is 15.3. The lowest BCUT2D eigenvalue weighted by Crippen LogP contribution is -2.41. The van der Waals surface area contributed by atoms with Crippen LogP contribution in [0.5, 0.6) is 0 Å². The molecule has 2 aliphatic heterocycles. The van der Waals surface area contributed by atoms with Gasteiger partial charge in [-0.25, -0.2) is 4.98 Å². The molecule has 2 aliphatic rings. The highest BCUT2D eigenvalue weighted by Crippen LogP contribution is 2.25. The lowest BCUT2D eigenvalue weighted by Gasteiger charge is -2.32. The molecule has 2 amide bonds. The number of aromatic amines is 1. The van der Waals surface area contributed by atoms with Crippen LogP contribution in [0.15, 0.2) is 36.7 Å². The number of hydrogen-bond donors (Lipinski definition) is 1. The van der Waals surface area contributed by atoms with Gasteiger partial charge in [0.25, 0.3) is 11.8 Å². The highest BCUT2D eigenvalue weighted by Gasteiger charge is 2.27. The van der Waals surface area contributed by atoms with Crippen LogP contribution in [0.2, 0.25) is 0 Å². The molecular weight excluding hydrogens is 344 g/mol. The molecule has 0 radical (unpaired) electrons. The summed E-state index contributed by atoms with van der Waals surface area (Å²) < 4.78 is 5.29. The van der Waals surface area contributed by atoms with E-state index in [0.717, 1.165) is 25.2 Å². The standard InChI is InChI=1S/C20H24N4O3/c25-19(23-10-12-27-13-11-23)15-3-5-16(6-4-15)20(26)24-9-1-2-17(14-24)18-21-7-8-22-18/h3-8,17H,1-2,9-14H2,(H,21,22)/t17-/m1/s1. The number of nitrogens with one attached hydrogen (secondary N) is 1. The average molecular weight is 368 g/mol. The second-order valence-electron chi connectivity index (χ2n) is 7.05. The first kappa shape index (κ1) is 17.7. The molecule has 1 aromatic heterocycles. The van der Waals surface area contributed by atoms with Gasteiger partial charge in [0.15, 0.2) is 0 Å². The molecule has 0 bridgehead atoms. The third kappa shape index (κ3) is 3.88. The molecule has 3 heterocycles. The first-order valence-electron chi connectivity index (χ1n) is 9.48. The maximum atomic E-state index is 12.9. The van der Waals surface area contributed by atoms with Crippen molar-refractivity contribution in [2.24, 2.45) is 0 Å². The van der Waals surface area contributed by atoms with Crippen LogP contribution in [0.1, 0.15) is 45.3 Å². The smallest absolute Gasteiger partial charge is 0.254 e. The van der Waals surface area contributed by atoms with Gasteiger partial charge in [-0.2, -0.15) is 0 Å². The number of carbonyl (C=O) groups is 2. The number of morpholine rings is 1. The average Bonchev–Trinajstić information content (AvgIpc) is 3.29. The summed E-state index contributed by atoms with van der Waals surface area (Å²) >= 11 is 0. The normalized spacial score (nSPS) is 20.5. The Morgan fingerprint density at radius 1 is 1.00 bits per heavy atom. The number of imidazole rings is 1. The van der Waals surface area contributed by atoms with E-state index in [9.17, 15) is 9.59 Å². The Morgan fingerprint density at radius 2 is 1.67 bits per heavy atom. The van der Waals surface area contributed by atoms with Gasteiger partial charge in [-0.05, 0) is 37.1 Å². The number of benzene rings is 1. The van der Waals surface area contributed by atoms with Gasteiger partial charge in [-0.3, -0.25) is 9.59 Å². The number of H-pyrrole nitrogens is 1. The van der Waals surface area contributed by atoms with E-state index < -0.39 is 0 Å². The number of aromatic nitrogens is 2. The van der Waals surface area contributed by atoms with E-state index in [1.165, 1.54) is 0 Å². The van der Waals surface area contributed by atoms with E-state index in [0.29, 0.717) is 44.0 Å². The van der Waals surface area contributed by atoms with Gasteiger partial charge < -0.3 is 19.5 Å². The number of carbonyl (C=O) groups excluding carboxylic acids is 2. The van der Waals surface area contributed by atoms with E-state index in [2.05, 4.69) is 9.97 Å². The molecule has 4 rings (SSSR count). The van der Waals surface area contributed by atoms with Crippen molar-refractivity contribution in [2.45, 2.75) is 18.8 Å². The molecule has 0 spiro atoms. The number of amides is 2. The zero-order valence-electron chi connectivity index (χ0n) is 15.3. The van der Waals surface area contributed by atoms with Crippen molar-refractivity contribution in [1.29, 1.82) is 0 Å². The minimum absolute atomic E-state index is 0.00634. The van der Waals surface area contributed by atoms with Crippen LogP contribution in [-0.2, 0) is 4.74 Å². The lowest BCUT2D eigenvalue weighted by atomic mass is 9.96. The van der Waals surface area contributed by atoms with Crippen LogP contribution >= 0.6 is 0 Å². The van der Waals surface area contributed by atoms with Crippen LogP contribution in [0.3, 0.4) is 0 Å². The van der Waals surface area contributed by atoms with Crippen molar-refractivity contribution in [3.63, 3.8) is 0 Å². The van der Waals surface area contributed by atoms with Crippen molar-refractivity contribution in [2.75, 3.05) is 39.4 Å². The van der Waals surface area contributed by atoms with Gasteiger partial charge in [0, 0.05) is 55.6 Å². The monoisotopic (exact) mass is 368 g/mol. The van der Waals surface area contributed by atoms with Crippen molar-refractivity contribution in [1.82, 2.24) is 19.8 Å². The summed E-state index contributed by atoms with van der Waals surface area (Å²) in [7, 11) is 0. The van der Waals surface area contributed by atoms with E-state index in [-0.39, 0.29) is 17.7 Å². The summed E-state index contributed by atoms with van der Waals surface area (Å²) in [5.41, 5.74) is 1.23. The summed E-state index contributed by atoms with van der Waals surface area (Å²) in [5, 5.41) is 0. The molecule has 1 aromatic carbocycles. The molecule has 0 saturated carbocycles. The largest absolute Gasteiger partial charge is 0.378 e. The number of nitrogens with zero attached hydrogens (tertiary/aromatic N) is 3. The minimum atomic E-state index is -0.00634. The van der Waals surface area contributed by atoms with Gasteiger partial charge >= 0.3 is 0 Å². The van der Waals surface area contributed by atoms with Gasteiger partial charge in [-0.1, -0.05) is 0 Å². The predicted molar refractivity (Wildman–Crippen MR) is 99.6 cm³/mol. The van der Waals surface area contributed by atoms with E-state index in [4.69, 9.17) is 4.74 Å². The van der Waals surface area contributed by atoms with Crippen molar-refractivity contribution in [3.05, 3.63) is 53.6 Å². The third-order valence-electron chi connectivity index (χ3n) is 5.29. The van der Waals surface area contributed by atoms with E-state index >= 15 is 0 Å². The van der Waals surface area contributed by atoms with Gasteiger partial charge in [0.05, 0.1) is 13.2 Å². The summed E-state index contributed by atoms with van der Waals surface area (Å²) in [6, 6.07) is 7.01. The fourth-order valence-electron chi connectivity index (χ4n) is 3.77. The Bertz CT molecular complexity index is 782. The molecular formula is C20H24N4O3. The molecule has 1 atom stereocenters.